The molecule has 1 aliphatic heterocycles. The monoisotopic (exact) mass is 400 g/mol. The van der Waals surface area contributed by atoms with Crippen molar-refractivity contribution in [1.29, 1.82) is 0 Å². The first-order chi connectivity index (χ1) is 12.8. The van der Waals surface area contributed by atoms with Crippen LogP contribution in [0.4, 0.5) is 0 Å². The smallest absolute Gasteiger partial charge is 0.320 e. The lowest BCUT2D eigenvalue weighted by Gasteiger charge is -2.24. The Labute approximate surface area is 158 Å². The zero-order chi connectivity index (χ0) is 20.0. The molecule has 0 N–H and O–H groups in total. The second-order valence-corrected chi connectivity index (χ2v) is 7.66. The molecule has 9 heteroatoms. The highest BCUT2D eigenvalue weighted by molar-refractivity contribution is 7.86. The predicted molar refractivity (Wildman–Crippen MR) is 94.3 cm³/mol. The highest BCUT2D eigenvalue weighted by Crippen LogP contribution is 2.30. The number of benzene rings is 1. The minimum absolute atomic E-state index is 0.0115. The van der Waals surface area contributed by atoms with E-state index in [-0.39, 0.29) is 31.3 Å². The molecule has 0 aromatic heterocycles. The molecule has 0 saturated carbocycles. The fourth-order valence-electron chi connectivity index (χ4n) is 2.79. The van der Waals surface area contributed by atoms with Gasteiger partial charge in [0.25, 0.3) is 10.1 Å². The summed E-state index contributed by atoms with van der Waals surface area (Å²) >= 11 is 0. The molecule has 0 unspecified atom stereocenters. The quantitative estimate of drug-likeness (QED) is 0.367. The number of carbonyl (C=O) groups is 2. The van der Waals surface area contributed by atoms with Crippen LogP contribution in [0, 0.1) is 18.8 Å². The van der Waals surface area contributed by atoms with E-state index in [1.165, 1.54) is 12.1 Å². The van der Waals surface area contributed by atoms with Crippen LogP contribution in [0.25, 0.3) is 0 Å². The number of ether oxygens (including phenoxy) is 3. The SMILES string of the molecule is CCOC(=O)C(C(=O)OCC)[C@@H]1COC[C@H]1OS(=O)(=O)c1ccc(C)cc1. The van der Waals surface area contributed by atoms with E-state index in [9.17, 15) is 18.0 Å². The summed E-state index contributed by atoms with van der Waals surface area (Å²) in [6.45, 7) is 5.13. The number of hydrogen-bond donors (Lipinski definition) is 0. The second kappa shape index (κ2) is 9.29. The van der Waals surface area contributed by atoms with Crippen molar-refractivity contribution >= 4 is 22.1 Å². The number of carbonyl (C=O) groups excluding carboxylic acids is 2. The van der Waals surface area contributed by atoms with Crippen LogP contribution >= 0.6 is 0 Å². The molecule has 1 saturated heterocycles. The Hall–Kier alpha value is -1.97. The molecule has 2 atom stereocenters. The molecule has 27 heavy (non-hydrogen) atoms. The Morgan fingerprint density at radius 1 is 1.07 bits per heavy atom. The van der Waals surface area contributed by atoms with Gasteiger partial charge < -0.3 is 14.2 Å². The maximum absolute atomic E-state index is 12.5. The molecule has 1 aromatic rings. The first-order valence-corrected chi connectivity index (χ1v) is 10.1. The van der Waals surface area contributed by atoms with Gasteiger partial charge >= 0.3 is 11.9 Å². The van der Waals surface area contributed by atoms with Crippen molar-refractivity contribution in [1.82, 2.24) is 0 Å². The van der Waals surface area contributed by atoms with Crippen LogP contribution in [0.3, 0.4) is 0 Å². The van der Waals surface area contributed by atoms with E-state index in [0.717, 1.165) is 5.56 Å². The van der Waals surface area contributed by atoms with Crippen molar-refractivity contribution in [3.63, 3.8) is 0 Å². The molecular weight excluding hydrogens is 376 g/mol. The highest BCUT2D eigenvalue weighted by Gasteiger charge is 2.47. The number of hydrogen-bond acceptors (Lipinski definition) is 8. The molecule has 150 valence electrons. The Balaban J connectivity index is 2.23. The molecule has 0 amide bonds. The minimum atomic E-state index is -4.09. The number of aryl methyl sites for hydroxylation is 1. The third-order valence-corrected chi connectivity index (χ3v) is 5.49. The fraction of sp³-hybridized carbons (Fsp3) is 0.556. The molecule has 1 fully saturated rings. The normalized spacial score (nSPS) is 19.9. The Kier molecular flexibility index (Phi) is 7.34. The lowest BCUT2D eigenvalue weighted by molar-refractivity contribution is -0.165. The van der Waals surface area contributed by atoms with Gasteiger partial charge in [-0.1, -0.05) is 17.7 Å². The standard InChI is InChI=1S/C18H24O8S/c1-4-24-17(19)16(18(20)25-5-2)14-10-23-11-15(14)26-27(21,22)13-8-6-12(3)7-9-13/h6-9,14-16H,4-5,10-11H2,1-3H3/t14-,15-/m1/s1. The third kappa shape index (κ3) is 5.27. The van der Waals surface area contributed by atoms with Crippen molar-refractivity contribution in [2.45, 2.75) is 31.8 Å². The first kappa shape index (κ1) is 21.3. The van der Waals surface area contributed by atoms with Crippen molar-refractivity contribution in [2.75, 3.05) is 26.4 Å². The maximum atomic E-state index is 12.5. The topological polar surface area (TPSA) is 105 Å². The Morgan fingerprint density at radius 2 is 1.63 bits per heavy atom. The summed E-state index contributed by atoms with van der Waals surface area (Å²) in [5.41, 5.74) is 0.903. The summed E-state index contributed by atoms with van der Waals surface area (Å²) in [6.07, 6.45) is -1.00. The second-order valence-electron chi connectivity index (χ2n) is 6.08. The van der Waals surface area contributed by atoms with E-state index >= 15 is 0 Å². The Bertz CT molecular complexity index is 738. The largest absolute Gasteiger partial charge is 0.465 e. The molecule has 1 heterocycles. The van der Waals surface area contributed by atoms with E-state index in [0.29, 0.717) is 0 Å². The van der Waals surface area contributed by atoms with Crippen LogP contribution in [0.15, 0.2) is 29.2 Å². The summed E-state index contributed by atoms with van der Waals surface area (Å²) in [6, 6.07) is 6.17. The average molecular weight is 400 g/mol. The fourth-order valence-corrected chi connectivity index (χ4v) is 3.90. The lowest BCUT2D eigenvalue weighted by Crippen LogP contribution is -2.41. The zero-order valence-electron chi connectivity index (χ0n) is 15.5. The van der Waals surface area contributed by atoms with Gasteiger partial charge in [0.1, 0.15) is 6.10 Å². The van der Waals surface area contributed by atoms with Gasteiger partial charge in [-0.3, -0.25) is 13.8 Å². The van der Waals surface area contributed by atoms with Gasteiger partial charge in [-0.25, -0.2) is 0 Å². The van der Waals surface area contributed by atoms with Crippen molar-refractivity contribution in [3.05, 3.63) is 29.8 Å². The summed E-state index contributed by atoms with van der Waals surface area (Å²) < 4.78 is 45.6. The molecule has 0 aliphatic carbocycles. The molecular formula is C18H24O8S. The van der Waals surface area contributed by atoms with E-state index in [1.54, 1.807) is 26.0 Å². The zero-order valence-corrected chi connectivity index (χ0v) is 16.4. The molecule has 0 bridgehead atoms. The van der Waals surface area contributed by atoms with Gasteiger partial charge in [-0.05, 0) is 32.9 Å². The highest BCUT2D eigenvalue weighted by atomic mass is 32.2. The van der Waals surface area contributed by atoms with Gasteiger partial charge in [0.15, 0.2) is 5.92 Å². The van der Waals surface area contributed by atoms with E-state index < -0.39 is 40.0 Å². The van der Waals surface area contributed by atoms with Crippen LogP contribution in [-0.4, -0.2) is 52.9 Å². The van der Waals surface area contributed by atoms with Crippen molar-refractivity contribution in [2.24, 2.45) is 11.8 Å². The van der Waals surface area contributed by atoms with Crippen LogP contribution in [-0.2, 0) is 38.1 Å². The minimum Gasteiger partial charge on any atom is -0.465 e. The van der Waals surface area contributed by atoms with E-state index in [1.807, 2.05) is 6.92 Å². The van der Waals surface area contributed by atoms with Crippen LogP contribution in [0.5, 0.6) is 0 Å². The van der Waals surface area contributed by atoms with Crippen molar-refractivity contribution < 1.29 is 36.4 Å². The molecule has 8 nitrogen and oxygen atoms in total. The molecule has 0 radical (unpaired) electrons. The summed E-state index contributed by atoms with van der Waals surface area (Å²) in [5.74, 6) is -3.71. The third-order valence-electron chi connectivity index (χ3n) is 4.14. The Morgan fingerprint density at radius 3 is 2.15 bits per heavy atom. The van der Waals surface area contributed by atoms with Crippen LogP contribution in [0.2, 0.25) is 0 Å². The molecule has 1 aromatic carbocycles. The van der Waals surface area contributed by atoms with Gasteiger partial charge in [-0.15, -0.1) is 0 Å². The first-order valence-electron chi connectivity index (χ1n) is 8.71. The average Bonchev–Trinajstić information content (AvgIpc) is 3.03. The number of rotatable bonds is 8. The molecule has 1 aliphatic rings. The van der Waals surface area contributed by atoms with Gasteiger partial charge in [0, 0.05) is 5.92 Å². The summed E-state index contributed by atoms with van der Waals surface area (Å²) in [4.78, 5) is 24.6. The summed E-state index contributed by atoms with van der Waals surface area (Å²) in [7, 11) is -4.09. The van der Waals surface area contributed by atoms with E-state index in [2.05, 4.69) is 0 Å². The molecule has 2 rings (SSSR count). The van der Waals surface area contributed by atoms with Gasteiger partial charge in [0.05, 0.1) is 31.3 Å². The number of esters is 2. The van der Waals surface area contributed by atoms with Gasteiger partial charge in [0.2, 0.25) is 0 Å². The summed E-state index contributed by atoms with van der Waals surface area (Å²) in [5, 5.41) is 0. The van der Waals surface area contributed by atoms with Crippen molar-refractivity contribution in [3.8, 4) is 0 Å². The van der Waals surface area contributed by atoms with Gasteiger partial charge in [-0.2, -0.15) is 8.42 Å². The molecule has 0 spiro atoms. The lowest BCUT2D eigenvalue weighted by atomic mass is 9.90. The van der Waals surface area contributed by atoms with Crippen LogP contribution < -0.4 is 0 Å². The van der Waals surface area contributed by atoms with Crippen LogP contribution in [0.1, 0.15) is 19.4 Å². The predicted octanol–water partition coefficient (Wildman–Crippen LogP) is 1.46. The maximum Gasteiger partial charge on any atom is 0.320 e. The van der Waals surface area contributed by atoms with E-state index in [4.69, 9.17) is 18.4 Å².